The third-order valence-electron chi connectivity index (χ3n) is 5.94. The van der Waals surface area contributed by atoms with E-state index in [-0.39, 0.29) is 11.9 Å². The fourth-order valence-electron chi connectivity index (χ4n) is 4.30. The first-order chi connectivity index (χ1) is 15.2. The molecule has 5 rings (SSSR count). The summed E-state index contributed by atoms with van der Waals surface area (Å²) in [5, 5.41) is 15.5. The van der Waals surface area contributed by atoms with Crippen LogP contribution in [0.3, 0.4) is 0 Å². The molecule has 3 heterocycles. The van der Waals surface area contributed by atoms with Gasteiger partial charge in [0.1, 0.15) is 0 Å². The van der Waals surface area contributed by atoms with Crippen LogP contribution < -0.4 is 0 Å². The Kier molecular flexibility index (Phi) is 5.72. The van der Waals surface area contributed by atoms with Gasteiger partial charge in [0.2, 0.25) is 10.8 Å². The molecule has 2 aromatic carbocycles. The molecule has 1 atom stereocenters. The second-order valence-corrected chi connectivity index (χ2v) is 8.99. The highest BCUT2D eigenvalue weighted by Crippen LogP contribution is 2.40. The predicted molar refractivity (Wildman–Crippen MR) is 123 cm³/mol. The molecule has 2 aromatic heterocycles. The Morgan fingerprint density at radius 1 is 0.968 bits per heavy atom. The van der Waals surface area contributed by atoms with Crippen LogP contribution >= 0.6 is 11.3 Å². The lowest BCUT2D eigenvalue weighted by molar-refractivity contribution is 0.105. The molecule has 4 aromatic rings. The third-order valence-corrected chi connectivity index (χ3v) is 7.02. The van der Waals surface area contributed by atoms with Crippen LogP contribution in [0.15, 0.2) is 60.7 Å². The number of aryl methyl sites for hydroxylation is 1. The number of benzene rings is 2. The minimum atomic E-state index is -0.00125. The first kappa shape index (κ1) is 20.2. The minimum absolute atomic E-state index is 0.00125. The number of rotatable bonds is 6. The third kappa shape index (κ3) is 4.08. The Bertz CT molecular complexity index is 1130. The van der Waals surface area contributed by atoms with E-state index in [4.69, 9.17) is 0 Å². The summed E-state index contributed by atoms with van der Waals surface area (Å²) in [6.07, 6.45) is 0.759. The van der Waals surface area contributed by atoms with Crippen molar-refractivity contribution in [2.24, 2.45) is 0 Å². The van der Waals surface area contributed by atoms with Gasteiger partial charge in [0.05, 0.1) is 10.9 Å². The SMILES string of the molecule is CCc1nc2sc([C@@H](c3ccccc3)N3CCN(Cc4ccccc4)CC3)c(O)n2n1. The Morgan fingerprint density at radius 2 is 1.65 bits per heavy atom. The van der Waals surface area contributed by atoms with Crippen LogP contribution in [-0.2, 0) is 13.0 Å². The van der Waals surface area contributed by atoms with Crippen LogP contribution in [0.2, 0.25) is 0 Å². The molecule has 0 bridgehead atoms. The van der Waals surface area contributed by atoms with Gasteiger partial charge < -0.3 is 5.11 Å². The zero-order valence-electron chi connectivity index (χ0n) is 17.7. The summed E-state index contributed by atoms with van der Waals surface area (Å²) in [4.78, 5) is 11.2. The minimum Gasteiger partial charge on any atom is -0.492 e. The van der Waals surface area contributed by atoms with E-state index < -0.39 is 0 Å². The molecule has 7 heteroatoms. The molecule has 0 aliphatic carbocycles. The highest BCUT2D eigenvalue weighted by molar-refractivity contribution is 7.17. The Labute approximate surface area is 186 Å². The van der Waals surface area contributed by atoms with Gasteiger partial charge in [0.25, 0.3) is 0 Å². The van der Waals surface area contributed by atoms with E-state index in [1.54, 1.807) is 15.9 Å². The van der Waals surface area contributed by atoms with E-state index in [0.717, 1.165) is 54.8 Å². The van der Waals surface area contributed by atoms with Crippen LogP contribution in [0.1, 0.15) is 34.8 Å². The zero-order valence-corrected chi connectivity index (χ0v) is 18.5. The summed E-state index contributed by atoms with van der Waals surface area (Å²) in [7, 11) is 0. The monoisotopic (exact) mass is 433 g/mol. The van der Waals surface area contributed by atoms with Crippen molar-refractivity contribution in [3.63, 3.8) is 0 Å². The molecule has 1 aliphatic heterocycles. The van der Waals surface area contributed by atoms with Gasteiger partial charge >= 0.3 is 0 Å². The molecule has 0 unspecified atom stereocenters. The highest BCUT2D eigenvalue weighted by atomic mass is 32.1. The smallest absolute Gasteiger partial charge is 0.230 e. The van der Waals surface area contributed by atoms with Gasteiger partial charge in [0.15, 0.2) is 5.82 Å². The van der Waals surface area contributed by atoms with Gasteiger partial charge in [-0.1, -0.05) is 78.9 Å². The number of aromatic nitrogens is 3. The summed E-state index contributed by atoms with van der Waals surface area (Å²) >= 11 is 1.54. The molecule has 31 heavy (non-hydrogen) atoms. The lowest BCUT2D eigenvalue weighted by atomic mass is 10.0. The van der Waals surface area contributed by atoms with E-state index in [9.17, 15) is 5.11 Å². The first-order valence-corrected chi connectivity index (χ1v) is 11.7. The van der Waals surface area contributed by atoms with Crippen molar-refractivity contribution < 1.29 is 5.11 Å². The lowest BCUT2D eigenvalue weighted by Crippen LogP contribution is -2.47. The molecule has 1 fully saturated rings. The quantitative estimate of drug-likeness (QED) is 0.499. The molecule has 0 saturated carbocycles. The van der Waals surface area contributed by atoms with Gasteiger partial charge in [-0.2, -0.15) is 4.52 Å². The molecule has 1 saturated heterocycles. The van der Waals surface area contributed by atoms with Crippen molar-refractivity contribution in [1.29, 1.82) is 0 Å². The van der Waals surface area contributed by atoms with E-state index in [0.29, 0.717) is 0 Å². The molecule has 0 radical (unpaired) electrons. The number of hydrogen-bond donors (Lipinski definition) is 1. The van der Waals surface area contributed by atoms with Gasteiger partial charge in [-0.25, -0.2) is 4.98 Å². The summed E-state index contributed by atoms with van der Waals surface area (Å²) < 4.78 is 1.60. The van der Waals surface area contributed by atoms with Gasteiger partial charge in [-0.05, 0) is 11.1 Å². The summed E-state index contributed by atoms with van der Waals surface area (Å²) in [5.74, 6) is 0.978. The van der Waals surface area contributed by atoms with E-state index in [1.807, 2.05) is 13.0 Å². The predicted octanol–water partition coefficient (Wildman–Crippen LogP) is 3.97. The average Bonchev–Trinajstić information content (AvgIpc) is 3.36. The molecule has 6 nitrogen and oxygen atoms in total. The number of nitrogens with zero attached hydrogens (tertiary/aromatic N) is 5. The van der Waals surface area contributed by atoms with Crippen molar-refractivity contribution in [2.75, 3.05) is 26.2 Å². The Balaban J connectivity index is 1.40. The van der Waals surface area contributed by atoms with Crippen LogP contribution in [-0.4, -0.2) is 55.7 Å². The van der Waals surface area contributed by atoms with Crippen molar-refractivity contribution in [3.05, 3.63) is 82.5 Å². The number of fused-ring (bicyclic) bond motifs is 1. The normalized spacial score (nSPS) is 16.7. The molecular weight excluding hydrogens is 406 g/mol. The van der Waals surface area contributed by atoms with Crippen molar-refractivity contribution in [2.45, 2.75) is 25.9 Å². The highest BCUT2D eigenvalue weighted by Gasteiger charge is 2.31. The maximum atomic E-state index is 11.0. The van der Waals surface area contributed by atoms with E-state index >= 15 is 0 Å². The molecule has 1 N–H and O–H groups in total. The van der Waals surface area contributed by atoms with Gasteiger partial charge in [-0.15, -0.1) is 5.10 Å². The number of piperazine rings is 1. The van der Waals surface area contributed by atoms with Crippen molar-refractivity contribution in [3.8, 4) is 5.88 Å². The summed E-state index contributed by atoms with van der Waals surface area (Å²) in [6, 6.07) is 21.1. The second kappa shape index (κ2) is 8.78. The standard InChI is InChI=1S/C24H27N5OS/c1-2-20-25-24-29(26-20)23(30)22(31-24)21(19-11-7-4-8-12-19)28-15-13-27(14-16-28)17-18-9-5-3-6-10-18/h3-12,21,30H,2,13-17H2,1H3/t21-/m1/s1. The molecule has 0 amide bonds. The van der Waals surface area contributed by atoms with E-state index in [1.165, 1.54) is 11.1 Å². The fraction of sp³-hybridized carbons (Fsp3) is 0.333. The fourth-order valence-corrected chi connectivity index (χ4v) is 5.44. The second-order valence-electron chi connectivity index (χ2n) is 7.98. The lowest BCUT2D eigenvalue weighted by Gasteiger charge is -2.39. The summed E-state index contributed by atoms with van der Waals surface area (Å²) in [6.45, 7) is 6.89. The topological polar surface area (TPSA) is 56.9 Å². The maximum absolute atomic E-state index is 11.0. The Morgan fingerprint density at radius 3 is 2.29 bits per heavy atom. The number of thiazole rings is 1. The Hall–Kier alpha value is -2.74. The molecular formula is C24H27N5OS. The average molecular weight is 434 g/mol. The van der Waals surface area contributed by atoms with Crippen LogP contribution in [0, 0.1) is 0 Å². The van der Waals surface area contributed by atoms with Crippen LogP contribution in [0.5, 0.6) is 5.88 Å². The van der Waals surface area contributed by atoms with Gasteiger partial charge in [-0.3, -0.25) is 9.80 Å². The molecule has 160 valence electrons. The number of aromatic hydroxyl groups is 1. The van der Waals surface area contributed by atoms with Crippen molar-refractivity contribution in [1.82, 2.24) is 24.4 Å². The largest absolute Gasteiger partial charge is 0.492 e. The molecule has 1 aliphatic rings. The summed E-state index contributed by atoms with van der Waals surface area (Å²) in [5.41, 5.74) is 2.54. The van der Waals surface area contributed by atoms with Gasteiger partial charge in [0, 0.05) is 39.1 Å². The molecule has 0 spiro atoms. The van der Waals surface area contributed by atoms with Crippen LogP contribution in [0.4, 0.5) is 0 Å². The number of hydrogen-bond acceptors (Lipinski definition) is 6. The first-order valence-electron chi connectivity index (χ1n) is 10.9. The van der Waals surface area contributed by atoms with E-state index in [2.05, 4.69) is 74.5 Å². The van der Waals surface area contributed by atoms with Crippen molar-refractivity contribution >= 4 is 16.3 Å². The zero-order chi connectivity index (χ0) is 21.2. The van der Waals surface area contributed by atoms with Crippen LogP contribution in [0.25, 0.3) is 4.96 Å². The maximum Gasteiger partial charge on any atom is 0.230 e.